The highest BCUT2D eigenvalue weighted by Crippen LogP contribution is 2.25. The Kier molecular flexibility index (Phi) is 5.43. The van der Waals surface area contributed by atoms with Crippen molar-refractivity contribution in [2.45, 2.75) is 25.3 Å². The number of nitrogens with zero attached hydrogens (tertiary/aromatic N) is 1. The van der Waals surface area contributed by atoms with E-state index in [1.54, 1.807) is 12.1 Å². The van der Waals surface area contributed by atoms with Crippen molar-refractivity contribution in [2.75, 3.05) is 19.7 Å². The van der Waals surface area contributed by atoms with Crippen LogP contribution in [0.2, 0.25) is 0 Å². The van der Waals surface area contributed by atoms with Crippen LogP contribution in [0.5, 0.6) is 0 Å². The van der Waals surface area contributed by atoms with E-state index in [0.717, 1.165) is 13.1 Å². The molecule has 3 heteroatoms. The summed E-state index contributed by atoms with van der Waals surface area (Å²) in [5, 5.41) is 0. The molecular weight excluding hydrogens is 286 g/mol. The van der Waals surface area contributed by atoms with E-state index >= 15 is 0 Å². The predicted molar refractivity (Wildman–Crippen MR) is 91.3 cm³/mol. The Morgan fingerprint density at radius 1 is 0.913 bits per heavy atom. The molecular formula is C20H23NO2. The Balaban J connectivity index is 1.70. The third-order valence-corrected chi connectivity index (χ3v) is 4.40. The largest absolute Gasteiger partial charge is 0.460 e. The van der Waals surface area contributed by atoms with E-state index in [1.807, 2.05) is 36.4 Å². The molecule has 0 radical (unpaired) electrons. The van der Waals surface area contributed by atoms with E-state index in [0.29, 0.717) is 12.2 Å². The van der Waals surface area contributed by atoms with E-state index in [1.165, 1.54) is 24.8 Å². The number of rotatable bonds is 5. The topological polar surface area (TPSA) is 29.5 Å². The number of carbonyl (C=O) groups excluding carboxylic acids is 1. The summed E-state index contributed by atoms with van der Waals surface area (Å²) in [6.45, 7) is 2.54. The van der Waals surface area contributed by atoms with Gasteiger partial charge in [0.25, 0.3) is 0 Å². The van der Waals surface area contributed by atoms with Crippen molar-refractivity contribution in [1.82, 2.24) is 4.90 Å². The number of esters is 1. The quantitative estimate of drug-likeness (QED) is 0.780. The maximum Gasteiger partial charge on any atom is 0.338 e. The number of hydrogen-bond donors (Lipinski definition) is 0. The Morgan fingerprint density at radius 2 is 1.52 bits per heavy atom. The average molecular weight is 309 g/mol. The van der Waals surface area contributed by atoms with Crippen LogP contribution in [0, 0.1) is 0 Å². The van der Waals surface area contributed by atoms with Crippen LogP contribution in [0.25, 0.3) is 0 Å². The van der Waals surface area contributed by atoms with Crippen LogP contribution in [0.1, 0.15) is 41.2 Å². The zero-order valence-electron chi connectivity index (χ0n) is 13.4. The van der Waals surface area contributed by atoms with Crippen molar-refractivity contribution in [3.8, 4) is 0 Å². The van der Waals surface area contributed by atoms with Crippen molar-refractivity contribution >= 4 is 5.97 Å². The number of ether oxygens (including phenoxy) is 1. The molecule has 0 spiro atoms. The van der Waals surface area contributed by atoms with Crippen LogP contribution < -0.4 is 0 Å². The molecule has 1 heterocycles. The highest BCUT2D eigenvalue weighted by Gasteiger charge is 2.23. The molecule has 0 amide bonds. The number of likely N-dealkylation sites (tertiary alicyclic amines) is 1. The molecule has 3 nitrogen and oxygen atoms in total. The first-order valence-corrected chi connectivity index (χ1v) is 8.36. The van der Waals surface area contributed by atoms with Crippen LogP contribution in [0.4, 0.5) is 0 Å². The fourth-order valence-corrected chi connectivity index (χ4v) is 3.13. The fourth-order valence-electron chi connectivity index (χ4n) is 3.13. The molecule has 2 aromatic rings. The smallest absolute Gasteiger partial charge is 0.338 e. The zero-order valence-corrected chi connectivity index (χ0v) is 13.4. The van der Waals surface area contributed by atoms with E-state index in [4.69, 9.17) is 4.74 Å². The van der Waals surface area contributed by atoms with Gasteiger partial charge in [-0.15, -0.1) is 0 Å². The molecule has 23 heavy (non-hydrogen) atoms. The lowest BCUT2D eigenvalue weighted by molar-refractivity contribution is 0.0317. The first-order valence-electron chi connectivity index (χ1n) is 8.36. The molecule has 0 aromatic heterocycles. The summed E-state index contributed by atoms with van der Waals surface area (Å²) >= 11 is 0. The molecule has 1 aliphatic heterocycles. The van der Waals surface area contributed by atoms with Gasteiger partial charge < -0.3 is 4.74 Å². The molecule has 0 N–H and O–H groups in total. The summed E-state index contributed by atoms with van der Waals surface area (Å²) in [5.74, 6) is -0.247. The third kappa shape index (κ3) is 4.20. The van der Waals surface area contributed by atoms with Gasteiger partial charge in [-0.05, 0) is 43.6 Å². The van der Waals surface area contributed by atoms with E-state index in [-0.39, 0.29) is 12.0 Å². The minimum absolute atomic E-state index is 0.143. The minimum Gasteiger partial charge on any atom is -0.460 e. The Hall–Kier alpha value is -2.13. The van der Waals surface area contributed by atoms with Gasteiger partial charge in [0.15, 0.2) is 0 Å². The predicted octanol–water partition coefficient (Wildman–Crippen LogP) is 4.07. The highest BCUT2D eigenvalue weighted by atomic mass is 16.5. The van der Waals surface area contributed by atoms with Crippen LogP contribution in [0.15, 0.2) is 60.7 Å². The third-order valence-electron chi connectivity index (χ3n) is 4.40. The van der Waals surface area contributed by atoms with Crippen LogP contribution in [-0.2, 0) is 4.74 Å². The lowest BCUT2D eigenvalue weighted by Gasteiger charge is -2.34. The summed E-state index contributed by atoms with van der Waals surface area (Å²) in [7, 11) is 0. The molecule has 1 saturated heterocycles. The first-order chi connectivity index (χ1) is 11.3. The maximum atomic E-state index is 12.2. The summed E-state index contributed by atoms with van der Waals surface area (Å²) < 4.78 is 5.62. The summed E-state index contributed by atoms with van der Waals surface area (Å²) in [6.07, 6.45) is 3.73. The van der Waals surface area contributed by atoms with Crippen LogP contribution >= 0.6 is 0 Å². The molecule has 1 fully saturated rings. The summed E-state index contributed by atoms with van der Waals surface area (Å²) in [5.41, 5.74) is 1.83. The van der Waals surface area contributed by atoms with E-state index in [9.17, 15) is 4.79 Å². The van der Waals surface area contributed by atoms with Crippen molar-refractivity contribution < 1.29 is 9.53 Å². The Morgan fingerprint density at radius 3 is 2.17 bits per heavy atom. The van der Waals surface area contributed by atoms with Gasteiger partial charge in [-0.2, -0.15) is 0 Å². The number of piperidine rings is 1. The molecule has 0 aliphatic carbocycles. The molecule has 1 atom stereocenters. The van der Waals surface area contributed by atoms with Crippen molar-refractivity contribution in [2.24, 2.45) is 0 Å². The SMILES string of the molecule is O=C(OC[C@H](c1ccccc1)N1CCCCC1)c1ccccc1. The Labute approximate surface area is 137 Å². The molecule has 0 unspecified atom stereocenters. The fraction of sp³-hybridized carbons (Fsp3) is 0.350. The van der Waals surface area contributed by atoms with Gasteiger partial charge in [-0.1, -0.05) is 55.0 Å². The molecule has 1 aliphatic rings. The lowest BCUT2D eigenvalue weighted by atomic mass is 10.0. The van der Waals surface area contributed by atoms with E-state index < -0.39 is 0 Å². The average Bonchev–Trinajstić information content (AvgIpc) is 2.64. The van der Waals surface area contributed by atoms with Crippen molar-refractivity contribution in [3.05, 3.63) is 71.8 Å². The maximum absolute atomic E-state index is 12.2. The highest BCUT2D eigenvalue weighted by molar-refractivity contribution is 5.89. The number of benzene rings is 2. The second-order valence-electron chi connectivity index (χ2n) is 5.99. The summed E-state index contributed by atoms with van der Waals surface area (Å²) in [6, 6.07) is 19.7. The molecule has 2 aromatic carbocycles. The second-order valence-corrected chi connectivity index (χ2v) is 5.99. The molecule has 0 bridgehead atoms. The lowest BCUT2D eigenvalue weighted by Crippen LogP contribution is -2.36. The molecule has 0 saturated carbocycles. The summed E-state index contributed by atoms with van der Waals surface area (Å²) in [4.78, 5) is 14.7. The van der Waals surface area contributed by atoms with Gasteiger partial charge in [0.2, 0.25) is 0 Å². The van der Waals surface area contributed by atoms with Gasteiger partial charge in [0.1, 0.15) is 6.61 Å². The minimum atomic E-state index is -0.247. The van der Waals surface area contributed by atoms with Gasteiger partial charge in [0.05, 0.1) is 11.6 Å². The van der Waals surface area contributed by atoms with Gasteiger partial charge in [0, 0.05) is 0 Å². The number of hydrogen-bond acceptors (Lipinski definition) is 3. The van der Waals surface area contributed by atoms with Crippen LogP contribution in [0.3, 0.4) is 0 Å². The first kappa shape index (κ1) is 15.8. The standard InChI is InChI=1S/C20H23NO2/c22-20(18-12-6-2-7-13-18)23-16-19(17-10-4-1-5-11-17)21-14-8-3-9-15-21/h1-2,4-7,10-13,19H,3,8-9,14-16H2/t19-/m1/s1. The Bertz CT molecular complexity index is 606. The van der Waals surface area contributed by atoms with Gasteiger partial charge in [-0.25, -0.2) is 4.79 Å². The van der Waals surface area contributed by atoms with Crippen LogP contribution in [-0.4, -0.2) is 30.6 Å². The van der Waals surface area contributed by atoms with Gasteiger partial charge in [-0.3, -0.25) is 4.90 Å². The second kappa shape index (κ2) is 7.93. The normalized spacial score (nSPS) is 16.7. The number of carbonyl (C=O) groups is 1. The zero-order chi connectivity index (χ0) is 15.9. The molecule has 120 valence electrons. The van der Waals surface area contributed by atoms with E-state index in [2.05, 4.69) is 17.0 Å². The van der Waals surface area contributed by atoms with Crippen molar-refractivity contribution in [3.63, 3.8) is 0 Å². The monoisotopic (exact) mass is 309 g/mol. The van der Waals surface area contributed by atoms with Gasteiger partial charge >= 0.3 is 5.97 Å². The molecule has 3 rings (SSSR count). The van der Waals surface area contributed by atoms with Crippen molar-refractivity contribution in [1.29, 1.82) is 0 Å².